The normalized spacial score (nSPS) is 22.5. The van der Waals surface area contributed by atoms with E-state index in [1.807, 2.05) is 30.3 Å². The van der Waals surface area contributed by atoms with Crippen LogP contribution >= 0.6 is 11.6 Å². The summed E-state index contributed by atoms with van der Waals surface area (Å²) in [6, 6.07) is 13.1. The van der Waals surface area contributed by atoms with Crippen molar-refractivity contribution in [2.24, 2.45) is 11.8 Å². The van der Waals surface area contributed by atoms with Crippen LogP contribution in [0, 0.1) is 11.8 Å². The summed E-state index contributed by atoms with van der Waals surface area (Å²) in [4.78, 5) is 45.1. The molecule has 0 radical (unpaired) electrons. The first-order valence-electron chi connectivity index (χ1n) is 11.5. The number of nitrogens with one attached hydrogen (secondary N) is 1. The Morgan fingerprint density at radius 1 is 1.17 bits per heavy atom. The summed E-state index contributed by atoms with van der Waals surface area (Å²) >= 11 is 6.22. The summed E-state index contributed by atoms with van der Waals surface area (Å²) in [6.07, 6.45) is 3.28. The summed E-state index contributed by atoms with van der Waals surface area (Å²) in [5, 5.41) is 13.7. The van der Waals surface area contributed by atoms with Crippen LogP contribution in [0.15, 0.2) is 65.7 Å². The number of nitrogens with zero attached hydrogens (tertiary/aromatic N) is 3. The Labute approximate surface area is 207 Å². The van der Waals surface area contributed by atoms with Crippen molar-refractivity contribution in [3.8, 4) is 11.1 Å². The van der Waals surface area contributed by atoms with Crippen molar-refractivity contribution >= 4 is 23.4 Å². The van der Waals surface area contributed by atoms with E-state index in [1.54, 1.807) is 35.2 Å². The molecule has 0 saturated carbocycles. The molecule has 2 amide bonds. The molecule has 4 heterocycles. The second-order valence-electron chi connectivity index (χ2n) is 8.96. The minimum Gasteiger partial charge on any atom is -0.396 e. The summed E-state index contributed by atoms with van der Waals surface area (Å²) in [5.74, 6) is -1.42. The number of aliphatic hydroxyl groups excluding tert-OH is 1. The van der Waals surface area contributed by atoms with E-state index in [4.69, 9.17) is 11.6 Å². The van der Waals surface area contributed by atoms with Crippen molar-refractivity contribution in [2.75, 3.05) is 6.61 Å². The number of carbonyl (C=O) groups is 2. The maximum absolute atomic E-state index is 13.3. The van der Waals surface area contributed by atoms with Crippen molar-refractivity contribution in [2.45, 2.75) is 32.1 Å². The maximum Gasteiger partial charge on any atom is 0.258 e. The summed E-state index contributed by atoms with van der Waals surface area (Å²) in [6.45, 7) is 1.65. The Morgan fingerprint density at radius 2 is 1.97 bits per heavy atom. The molecule has 180 valence electrons. The number of rotatable bonds is 5. The smallest absolute Gasteiger partial charge is 0.258 e. The van der Waals surface area contributed by atoms with E-state index in [0.717, 1.165) is 5.56 Å². The van der Waals surface area contributed by atoms with Crippen LogP contribution in [0.25, 0.3) is 11.1 Å². The first-order valence-corrected chi connectivity index (χ1v) is 11.8. The fraction of sp³-hybridized carbons (Fsp3) is 0.308. The van der Waals surface area contributed by atoms with Gasteiger partial charge in [-0.2, -0.15) is 0 Å². The zero-order chi connectivity index (χ0) is 24.7. The number of benzene rings is 1. The lowest BCUT2D eigenvalue weighted by Crippen LogP contribution is -2.49. The average molecular weight is 493 g/mol. The number of carbonyl (C=O) groups excluding carboxylic acids is 2. The summed E-state index contributed by atoms with van der Waals surface area (Å²) in [7, 11) is 0. The molecule has 2 aromatic heterocycles. The van der Waals surface area contributed by atoms with Crippen LogP contribution in [0.1, 0.15) is 24.2 Å². The van der Waals surface area contributed by atoms with E-state index in [2.05, 4.69) is 10.3 Å². The lowest BCUT2D eigenvalue weighted by atomic mass is 9.88. The minimum atomic E-state index is -0.850. The van der Waals surface area contributed by atoms with E-state index in [9.17, 15) is 19.5 Å². The van der Waals surface area contributed by atoms with Gasteiger partial charge in [0.15, 0.2) is 0 Å². The topological polar surface area (TPSA) is 105 Å². The first-order chi connectivity index (χ1) is 16.9. The lowest BCUT2D eigenvalue weighted by Gasteiger charge is -2.30. The van der Waals surface area contributed by atoms with Gasteiger partial charge in [-0.25, -0.2) is 0 Å². The Morgan fingerprint density at radius 3 is 2.66 bits per heavy atom. The van der Waals surface area contributed by atoms with Crippen molar-refractivity contribution < 1.29 is 14.7 Å². The monoisotopic (exact) mass is 492 g/mol. The van der Waals surface area contributed by atoms with Crippen LogP contribution in [-0.2, 0) is 22.7 Å². The minimum absolute atomic E-state index is 0.176. The van der Waals surface area contributed by atoms with Gasteiger partial charge in [-0.15, -0.1) is 0 Å². The third-order valence-electron chi connectivity index (χ3n) is 7.09. The molecule has 1 fully saturated rings. The van der Waals surface area contributed by atoms with E-state index in [1.165, 1.54) is 11.8 Å². The van der Waals surface area contributed by atoms with Crippen LogP contribution in [0.4, 0.5) is 0 Å². The van der Waals surface area contributed by atoms with Gasteiger partial charge in [0.2, 0.25) is 11.8 Å². The molecule has 2 aliphatic rings. The first kappa shape index (κ1) is 23.3. The van der Waals surface area contributed by atoms with Crippen molar-refractivity contribution in [3.05, 3.63) is 87.6 Å². The number of likely N-dealkylation sites (tertiary alicyclic amines) is 1. The predicted molar refractivity (Wildman–Crippen MR) is 130 cm³/mol. The van der Waals surface area contributed by atoms with Gasteiger partial charge in [0, 0.05) is 72.7 Å². The van der Waals surface area contributed by atoms with Gasteiger partial charge in [-0.05, 0) is 29.8 Å². The SMILES string of the molecule is CC(=O)N1[C@@H]2c3ccc(-c4cccnc4)c(=O)n3C[C@@H]2[C@@H](CO)[C@@H]1C(=O)NCc1ccccc1Cl. The number of pyridine rings is 2. The second kappa shape index (κ2) is 9.28. The molecule has 0 aliphatic carbocycles. The highest BCUT2D eigenvalue weighted by atomic mass is 35.5. The fourth-order valence-corrected chi connectivity index (χ4v) is 5.72. The highest BCUT2D eigenvalue weighted by Crippen LogP contribution is 2.49. The summed E-state index contributed by atoms with van der Waals surface area (Å²) in [5.41, 5.74) is 2.48. The van der Waals surface area contributed by atoms with Gasteiger partial charge in [0.25, 0.3) is 5.56 Å². The fourth-order valence-electron chi connectivity index (χ4n) is 5.52. The number of hydrogen-bond acceptors (Lipinski definition) is 5. The molecule has 35 heavy (non-hydrogen) atoms. The van der Waals surface area contributed by atoms with Crippen molar-refractivity contribution in [3.63, 3.8) is 0 Å². The molecule has 0 bridgehead atoms. The quantitative estimate of drug-likeness (QED) is 0.569. The van der Waals surface area contributed by atoms with Gasteiger partial charge in [0.05, 0.1) is 6.04 Å². The lowest BCUT2D eigenvalue weighted by molar-refractivity contribution is -0.140. The highest BCUT2D eigenvalue weighted by molar-refractivity contribution is 6.31. The van der Waals surface area contributed by atoms with Crippen LogP contribution in [-0.4, -0.2) is 44.0 Å². The van der Waals surface area contributed by atoms with Gasteiger partial charge in [0.1, 0.15) is 6.04 Å². The van der Waals surface area contributed by atoms with E-state index >= 15 is 0 Å². The molecule has 5 rings (SSSR count). The third kappa shape index (κ3) is 3.92. The Balaban J connectivity index is 1.48. The molecule has 4 atom stereocenters. The van der Waals surface area contributed by atoms with Gasteiger partial charge in [-0.1, -0.05) is 35.9 Å². The molecule has 1 saturated heterocycles. The van der Waals surface area contributed by atoms with Crippen LogP contribution in [0.5, 0.6) is 0 Å². The molecule has 1 aromatic carbocycles. The van der Waals surface area contributed by atoms with Gasteiger partial charge in [-0.3, -0.25) is 19.4 Å². The zero-order valence-electron chi connectivity index (χ0n) is 19.1. The van der Waals surface area contributed by atoms with Crippen LogP contribution < -0.4 is 10.9 Å². The van der Waals surface area contributed by atoms with Gasteiger partial charge < -0.3 is 19.9 Å². The highest BCUT2D eigenvalue weighted by Gasteiger charge is 2.56. The Bertz CT molecular complexity index is 1340. The molecule has 8 nitrogen and oxygen atoms in total. The molecule has 0 unspecified atom stereocenters. The second-order valence-corrected chi connectivity index (χ2v) is 9.37. The standard InChI is InChI=1S/C26H25ClN4O4/c1-15(33)31-23-19(13-30-22(23)9-8-18(26(30)35)16-6-4-10-28-11-16)20(14-32)24(31)25(34)29-12-17-5-2-3-7-21(17)27/h2-11,19-20,23-24,32H,12-14H2,1H3,(H,29,34)/t19-,20-,23+,24-/m1/s1. The van der Waals surface area contributed by atoms with Crippen molar-refractivity contribution in [1.82, 2.24) is 19.8 Å². The number of halogens is 1. The van der Waals surface area contributed by atoms with Gasteiger partial charge >= 0.3 is 0 Å². The molecular weight excluding hydrogens is 468 g/mol. The molecule has 9 heteroatoms. The molecule has 3 aromatic rings. The summed E-state index contributed by atoms with van der Waals surface area (Å²) < 4.78 is 1.66. The molecule has 2 aliphatic heterocycles. The zero-order valence-corrected chi connectivity index (χ0v) is 19.9. The third-order valence-corrected chi connectivity index (χ3v) is 7.46. The Hall–Kier alpha value is -3.49. The predicted octanol–water partition coefficient (Wildman–Crippen LogP) is 2.39. The van der Waals surface area contributed by atoms with Crippen molar-refractivity contribution in [1.29, 1.82) is 0 Å². The number of fused-ring (bicyclic) bond motifs is 3. The maximum atomic E-state index is 13.3. The molecular formula is C26H25ClN4O4. The van der Waals surface area contributed by atoms with E-state index in [0.29, 0.717) is 28.4 Å². The molecule has 0 spiro atoms. The Kier molecular flexibility index (Phi) is 6.17. The molecule has 2 N–H and O–H groups in total. The van der Waals surface area contributed by atoms with Crippen LogP contribution in [0.2, 0.25) is 5.02 Å². The largest absolute Gasteiger partial charge is 0.396 e. The van der Waals surface area contributed by atoms with E-state index in [-0.39, 0.29) is 36.4 Å². The van der Waals surface area contributed by atoms with Crippen LogP contribution in [0.3, 0.4) is 0 Å². The number of aliphatic hydroxyl groups is 1. The average Bonchev–Trinajstić information content (AvgIpc) is 3.39. The number of aromatic nitrogens is 2. The number of amides is 2. The number of hydrogen-bond donors (Lipinski definition) is 2. The van der Waals surface area contributed by atoms with E-state index < -0.39 is 18.0 Å².